The molecular weight excluding hydrogens is 562 g/mol. The fraction of sp³-hybridized carbons (Fsp3) is 0. The van der Waals surface area contributed by atoms with Gasteiger partial charge in [-0.15, -0.1) is 0 Å². The molecule has 12 heteroatoms. The van der Waals surface area contributed by atoms with Crippen molar-refractivity contribution >= 4 is 88.6 Å². The van der Waals surface area contributed by atoms with Crippen LogP contribution in [-0.2, 0) is 20.0 Å². The predicted molar refractivity (Wildman–Crippen MR) is 138 cm³/mol. The Morgan fingerprint density at radius 2 is 0.912 bits per heavy atom. The Morgan fingerprint density at radius 3 is 1.26 bits per heavy atom. The molecular formula is C22H14Cl4N2O4S2. The Hall–Kier alpha value is -2.20. The van der Waals surface area contributed by atoms with Gasteiger partial charge in [-0.1, -0.05) is 70.7 Å². The standard InChI is InChI=1S/C22H14Cl4N2O4S2/c23-13-7-9-19(17(25)11-13)27-33(29,30)21-5-1-3-15-16(21)4-2-6-22(15)34(31,32)28-20-10-8-14(24)12-18(20)26/h1-12,27-28H. The summed E-state index contributed by atoms with van der Waals surface area (Å²) >= 11 is 24.0. The first-order chi connectivity index (χ1) is 16.0. The highest BCUT2D eigenvalue weighted by atomic mass is 35.5. The molecule has 0 saturated heterocycles. The number of benzene rings is 4. The Labute approximate surface area is 216 Å². The average Bonchev–Trinajstić information content (AvgIpc) is 2.76. The summed E-state index contributed by atoms with van der Waals surface area (Å²) in [5.41, 5.74) is 0.261. The minimum atomic E-state index is -4.14. The molecule has 0 atom stereocenters. The van der Waals surface area contributed by atoms with Gasteiger partial charge in [0.15, 0.2) is 0 Å². The Balaban J connectivity index is 1.79. The van der Waals surface area contributed by atoms with Gasteiger partial charge in [0, 0.05) is 20.8 Å². The normalized spacial score (nSPS) is 12.0. The van der Waals surface area contributed by atoms with Crippen molar-refractivity contribution in [2.24, 2.45) is 0 Å². The molecule has 0 aliphatic heterocycles. The Bertz CT molecular complexity index is 1520. The van der Waals surface area contributed by atoms with Crippen molar-refractivity contribution in [2.45, 2.75) is 9.79 Å². The summed E-state index contributed by atoms with van der Waals surface area (Å²) in [5, 5.41) is 1.32. The van der Waals surface area contributed by atoms with Crippen molar-refractivity contribution in [3.8, 4) is 0 Å². The lowest BCUT2D eigenvalue weighted by atomic mass is 10.1. The minimum absolute atomic E-state index is 0.114. The molecule has 0 saturated carbocycles. The van der Waals surface area contributed by atoms with Gasteiger partial charge in [-0.05, 0) is 48.5 Å². The molecule has 0 fully saturated rings. The van der Waals surface area contributed by atoms with Gasteiger partial charge >= 0.3 is 0 Å². The molecule has 0 heterocycles. The van der Waals surface area contributed by atoms with Gasteiger partial charge < -0.3 is 0 Å². The maximum Gasteiger partial charge on any atom is 0.262 e. The van der Waals surface area contributed by atoms with E-state index >= 15 is 0 Å². The van der Waals surface area contributed by atoms with E-state index < -0.39 is 20.0 Å². The van der Waals surface area contributed by atoms with E-state index in [1.807, 2.05) is 0 Å². The third-order valence-corrected chi connectivity index (χ3v) is 8.71. The zero-order valence-corrected chi connectivity index (χ0v) is 21.5. The van der Waals surface area contributed by atoms with Gasteiger partial charge in [-0.3, -0.25) is 9.44 Å². The number of nitrogens with one attached hydrogen (secondary N) is 2. The lowest BCUT2D eigenvalue weighted by Crippen LogP contribution is -2.15. The fourth-order valence-electron chi connectivity index (χ4n) is 3.26. The highest BCUT2D eigenvalue weighted by Crippen LogP contribution is 2.33. The highest BCUT2D eigenvalue weighted by Gasteiger charge is 2.23. The lowest BCUT2D eigenvalue weighted by Gasteiger charge is -2.15. The SMILES string of the molecule is O=S(=O)(Nc1ccc(Cl)cc1Cl)c1cccc2c(S(=O)(=O)Nc3ccc(Cl)cc3Cl)cccc12. The van der Waals surface area contributed by atoms with E-state index in [0.29, 0.717) is 10.0 Å². The maximum atomic E-state index is 13.2. The summed E-state index contributed by atoms with van der Waals surface area (Å²) in [5.74, 6) is 0. The molecule has 0 aromatic heterocycles. The molecule has 0 amide bonds. The van der Waals surface area contributed by atoms with Crippen LogP contribution in [0.4, 0.5) is 11.4 Å². The summed E-state index contributed by atoms with van der Waals surface area (Å²) in [6.45, 7) is 0. The highest BCUT2D eigenvalue weighted by molar-refractivity contribution is 7.93. The number of fused-ring (bicyclic) bond motifs is 1. The largest absolute Gasteiger partial charge is 0.278 e. The quantitative estimate of drug-likeness (QED) is 0.257. The predicted octanol–water partition coefficient (Wildman–Crippen LogP) is 7.06. The van der Waals surface area contributed by atoms with Crippen LogP contribution in [0.2, 0.25) is 20.1 Å². The first-order valence-electron chi connectivity index (χ1n) is 9.45. The summed E-state index contributed by atoms with van der Waals surface area (Å²) in [7, 11) is -8.27. The van der Waals surface area contributed by atoms with Crippen molar-refractivity contribution in [1.29, 1.82) is 0 Å². The topological polar surface area (TPSA) is 92.3 Å². The lowest BCUT2D eigenvalue weighted by molar-refractivity contribution is 0.599. The van der Waals surface area contributed by atoms with Crippen LogP contribution in [0.15, 0.2) is 82.6 Å². The van der Waals surface area contributed by atoms with Crippen LogP contribution < -0.4 is 9.44 Å². The van der Waals surface area contributed by atoms with E-state index in [4.69, 9.17) is 46.4 Å². The summed E-state index contributed by atoms with van der Waals surface area (Å²) in [6.07, 6.45) is 0. The third kappa shape index (κ3) is 5.07. The number of anilines is 2. The molecule has 4 rings (SSSR count). The van der Waals surface area contributed by atoms with Gasteiger partial charge in [-0.2, -0.15) is 0 Å². The molecule has 2 N–H and O–H groups in total. The van der Waals surface area contributed by atoms with Crippen LogP contribution in [0.3, 0.4) is 0 Å². The molecule has 4 aromatic carbocycles. The Kier molecular flexibility index (Phi) is 6.92. The number of rotatable bonds is 6. The molecule has 34 heavy (non-hydrogen) atoms. The van der Waals surface area contributed by atoms with Crippen molar-refractivity contribution in [1.82, 2.24) is 0 Å². The maximum absolute atomic E-state index is 13.2. The third-order valence-electron chi connectivity index (χ3n) is 4.77. The number of hydrogen-bond donors (Lipinski definition) is 2. The summed E-state index contributed by atoms with van der Waals surface area (Å²) in [4.78, 5) is -0.254. The second-order valence-electron chi connectivity index (χ2n) is 7.07. The number of hydrogen-bond acceptors (Lipinski definition) is 4. The first-order valence-corrected chi connectivity index (χ1v) is 13.9. The van der Waals surface area contributed by atoms with Gasteiger partial charge in [-0.25, -0.2) is 16.8 Å². The second-order valence-corrected chi connectivity index (χ2v) is 12.1. The van der Waals surface area contributed by atoms with Gasteiger partial charge in [0.2, 0.25) is 0 Å². The molecule has 176 valence electrons. The molecule has 0 spiro atoms. The van der Waals surface area contributed by atoms with E-state index in [0.717, 1.165) is 0 Å². The van der Waals surface area contributed by atoms with Crippen molar-refractivity contribution in [3.05, 3.63) is 92.9 Å². The summed E-state index contributed by atoms with van der Waals surface area (Å²) in [6, 6.07) is 17.3. The van der Waals surface area contributed by atoms with Crippen LogP contribution in [0.5, 0.6) is 0 Å². The van der Waals surface area contributed by atoms with Crippen molar-refractivity contribution < 1.29 is 16.8 Å². The first kappa shape index (κ1) is 24.9. The fourth-order valence-corrected chi connectivity index (χ4v) is 6.89. The molecule has 0 aliphatic rings. The van der Waals surface area contributed by atoms with E-state index in [2.05, 4.69) is 9.44 Å². The minimum Gasteiger partial charge on any atom is -0.278 e. The molecule has 6 nitrogen and oxygen atoms in total. The van der Waals surface area contributed by atoms with E-state index in [9.17, 15) is 16.8 Å². The molecule has 4 aromatic rings. The van der Waals surface area contributed by atoms with Crippen LogP contribution >= 0.6 is 46.4 Å². The van der Waals surface area contributed by atoms with Crippen LogP contribution in [0, 0.1) is 0 Å². The van der Waals surface area contributed by atoms with Crippen molar-refractivity contribution in [3.63, 3.8) is 0 Å². The Morgan fingerprint density at radius 1 is 0.529 bits per heavy atom. The van der Waals surface area contributed by atoms with E-state index in [-0.39, 0.29) is 42.0 Å². The smallest absolute Gasteiger partial charge is 0.262 e. The van der Waals surface area contributed by atoms with Crippen LogP contribution in [0.1, 0.15) is 0 Å². The van der Waals surface area contributed by atoms with Gasteiger partial charge in [0.1, 0.15) is 0 Å². The van der Waals surface area contributed by atoms with Gasteiger partial charge in [0.05, 0.1) is 31.2 Å². The zero-order valence-electron chi connectivity index (χ0n) is 16.9. The molecule has 0 radical (unpaired) electrons. The average molecular weight is 576 g/mol. The molecule has 0 aliphatic carbocycles. The van der Waals surface area contributed by atoms with Gasteiger partial charge in [0.25, 0.3) is 20.0 Å². The second kappa shape index (κ2) is 9.45. The molecule has 0 bridgehead atoms. The number of halogens is 4. The zero-order chi connectivity index (χ0) is 24.7. The van der Waals surface area contributed by atoms with Crippen LogP contribution in [0.25, 0.3) is 10.8 Å². The van der Waals surface area contributed by atoms with Crippen molar-refractivity contribution in [2.75, 3.05) is 9.44 Å². The number of sulfonamides is 2. The summed E-state index contributed by atoms with van der Waals surface area (Å²) < 4.78 is 57.6. The van der Waals surface area contributed by atoms with E-state index in [1.165, 1.54) is 72.8 Å². The molecule has 0 unspecified atom stereocenters. The van der Waals surface area contributed by atoms with Crippen LogP contribution in [-0.4, -0.2) is 16.8 Å². The van der Waals surface area contributed by atoms with E-state index in [1.54, 1.807) is 0 Å². The monoisotopic (exact) mass is 574 g/mol.